The summed E-state index contributed by atoms with van der Waals surface area (Å²) in [6.07, 6.45) is 1.76. The SMILES string of the molecule is C[C@@H]1CN(C(=O)CSc2ncnc3sccc23)C[C@@H](C)O1. The largest absolute Gasteiger partial charge is 0.372 e. The van der Waals surface area contributed by atoms with E-state index in [1.54, 1.807) is 17.7 Å². The van der Waals surface area contributed by atoms with E-state index in [0.29, 0.717) is 18.8 Å². The lowest BCUT2D eigenvalue weighted by molar-refractivity contribution is -0.140. The molecule has 1 aliphatic heterocycles. The quantitative estimate of drug-likeness (QED) is 0.641. The molecule has 7 heteroatoms. The molecule has 3 rings (SSSR count). The Morgan fingerprint density at radius 2 is 2.19 bits per heavy atom. The van der Waals surface area contributed by atoms with Crippen LogP contribution in [0.25, 0.3) is 10.2 Å². The van der Waals surface area contributed by atoms with Gasteiger partial charge in [0.1, 0.15) is 16.2 Å². The average Bonchev–Trinajstić information content (AvgIpc) is 2.92. The van der Waals surface area contributed by atoms with Gasteiger partial charge in [-0.1, -0.05) is 11.8 Å². The van der Waals surface area contributed by atoms with Crippen LogP contribution in [0.4, 0.5) is 0 Å². The smallest absolute Gasteiger partial charge is 0.233 e. The van der Waals surface area contributed by atoms with E-state index in [1.165, 1.54) is 11.8 Å². The molecule has 112 valence electrons. The summed E-state index contributed by atoms with van der Waals surface area (Å²) in [4.78, 5) is 23.7. The van der Waals surface area contributed by atoms with Crippen molar-refractivity contribution in [2.24, 2.45) is 0 Å². The Morgan fingerprint density at radius 3 is 2.95 bits per heavy atom. The molecule has 0 saturated carbocycles. The molecule has 21 heavy (non-hydrogen) atoms. The van der Waals surface area contributed by atoms with E-state index in [1.807, 2.05) is 30.2 Å². The van der Waals surface area contributed by atoms with Crippen LogP contribution in [0.5, 0.6) is 0 Å². The molecule has 1 saturated heterocycles. The summed E-state index contributed by atoms with van der Waals surface area (Å²) >= 11 is 3.07. The molecule has 0 radical (unpaired) electrons. The first-order valence-electron chi connectivity index (χ1n) is 6.87. The number of fused-ring (bicyclic) bond motifs is 1. The molecular weight excluding hydrogens is 306 g/mol. The molecule has 0 N–H and O–H groups in total. The van der Waals surface area contributed by atoms with Crippen LogP contribution in [0.2, 0.25) is 0 Å². The first kappa shape index (κ1) is 14.7. The number of rotatable bonds is 3. The maximum Gasteiger partial charge on any atom is 0.233 e. The molecule has 2 aromatic heterocycles. The van der Waals surface area contributed by atoms with E-state index in [4.69, 9.17) is 4.74 Å². The zero-order chi connectivity index (χ0) is 14.8. The average molecular weight is 323 g/mol. The lowest BCUT2D eigenvalue weighted by Gasteiger charge is -2.35. The molecule has 0 aromatic carbocycles. The van der Waals surface area contributed by atoms with Crippen molar-refractivity contribution >= 4 is 39.2 Å². The fourth-order valence-electron chi connectivity index (χ4n) is 2.49. The molecule has 0 aliphatic carbocycles. The van der Waals surface area contributed by atoms with Gasteiger partial charge in [0, 0.05) is 18.5 Å². The highest BCUT2D eigenvalue weighted by Gasteiger charge is 2.25. The van der Waals surface area contributed by atoms with Crippen molar-refractivity contribution in [3.63, 3.8) is 0 Å². The molecule has 1 fully saturated rings. The number of morpholine rings is 1. The van der Waals surface area contributed by atoms with E-state index >= 15 is 0 Å². The summed E-state index contributed by atoms with van der Waals surface area (Å²) in [7, 11) is 0. The number of thiophene rings is 1. The molecule has 2 atom stereocenters. The predicted octanol–water partition coefficient (Wildman–Crippen LogP) is 2.42. The first-order valence-corrected chi connectivity index (χ1v) is 8.74. The lowest BCUT2D eigenvalue weighted by Crippen LogP contribution is -2.48. The lowest BCUT2D eigenvalue weighted by atomic mass is 10.2. The van der Waals surface area contributed by atoms with E-state index in [-0.39, 0.29) is 18.1 Å². The molecule has 2 aromatic rings. The van der Waals surface area contributed by atoms with Gasteiger partial charge >= 0.3 is 0 Å². The van der Waals surface area contributed by atoms with Gasteiger partial charge in [0.25, 0.3) is 0 Å². The zero-order valence-corrected chi connectivity index (χ0v) is 13.6. The zero-order valence-electron chi connectivity index (χ0n) is 12.0. The minimum Gasteiger partial charge on any atom is -0.372 e. The van der Waals surface area contributed by atoms with Crippen LogP contribution in [0.1, 0.15) is 13.8 Å². The van der Waals surface area contributed by atoms with Gasteiger partial charge in [-0.05, 0) is 25.3 Å². The third kappa shape index (κ3) is 3.36. The second-order valence-corrected chi connectivity index (χ2v) is 7.02. The Morgan fingerprint density at radius 1 is 1.43 bits per heavy atom. The van der Waals surface area contributed by atoms with Gasteiger partial charge in [-0.15, -0.1) is 11.3 Å². The van der Waals surface area contributed by atoms with Gasteiger partial charge in [0.2, 0.25) is 5.91 Å². The number of carbonyl (C=O) groups is 1. The molecule has 1 aliphatic rings. The van der Waals surface area contributed by atoms with Gasteiger partial charge in [0.05, 0.1) is 18.0 Å². The molecular formula is C14H17N3O2S2. The van der Waals surface area contributed by atoms with Crippen LogP contribution in [0.3, 0.4) is 0 Å². The van der Waals surface area contributed by atoms with Crippen molar-refractivity contribution in [1.82, 2.24) is 14.9 Å². The van der Waals surface area contributed by atoms with Crippen LogP contribution >= 0.6 is 23.1 Å². The Kier molecular flexibility index (Phi) is 4.42. The first-order chi connectivity index (χ1) is 10.1. The highest BCUT2D eigenvalue weighted by atomic mass is 32.2. The highest BCUT2D eigenvalue weighted by Crippen LogP contribution is 2.27. The van der Waals surface area contributed by atoms with E-state index in [9.17, 15) is 4.79 Å². The van der Waals surface area contributed by atoms with Crippen LogP contribution in [-0.2, 0) is 9.53 Å². The third-order valence-electron chi connectivity index (χ3n) is 3.33. The van der Waals surface area contributed by atoms with Crippen LogP contribution < -0.4 is 0 Å². The number of aromatic nitrogens is 2. The topological polar surface area (TPSA) is 55.3 Å². The van der Waals surface area contributed by atoms with E-state index in [0.717, 1.165) is 15.2 Å². The van der Waals surface area contributed by atoms with Gasteiger partial charge in [-0.2, -0.15) is 0 Å². The fourth-order valence-corrected chi connectivity index (χ4v) is 4.17. The molecule has 1 amide bonds. The minimum atomic E-state index is 0.102. The maximum absolute atomic E-state index is 12.3. The van der Waals surface area contributed by atoms with E-state index < -0.39 is 0 Å². The molecule has 0 unspecified atom stereocenters. The standard InChI is InChI=1S/C14H17N3O2S2/c1-9-5-17(6-10(2)19-9)12(18)7-21-14-11-3-4-20-13(11)15-8-16-14/h3-4,8-10H,5-7H2,1-2H3/t9-,10-/m1/s1. The summed E-state index contributed by atoms with van der Waals surface area (Å²) < 4.78 is 5.66. The highest BCUT2D eigenvalue weighted by molar-refractivity contribution is 8.00. The van der Waals surface area contributed by atoms with Crippen LogP contribution in [0.15, 0.2) is 22.8 Å². The number of nitrogens with zero attached hydrogens (tertiary/aromatic N) is 3. The van der Waals surface area contributed by atoms with E-state index in [2.05, 4.69) is 9.97 Å². The van der Waals surface area contributed by atoms with Gasteiger partial charge < -0.3 is 9.64 Å². The van der Waals surface area contributed by atoms with Crippen molar-refractivity contribution in [3.8, 4) is 0 Å². The summed E-state index contributed by atoms with van der Waals surface area (Å²) in [6, 6.07) is 2.01. The van der Waals surface area contributed by atoms with Gasteiger partial charge in [-0.3, -0.25) is 4.79 Å². The number of ether oxygens (including phenoxy) is 1. The minimum absolute atomic E-state index is 0.102. The summed E-state index contributed by atoms with van der Waals surface area (Å²) in [5.74, 6) is 0.547. The second kappa shape index (κ2) is 6.29. The molecule has 3 heterocycles. The molecule has 0 spiro atoms. The predicted molar refractivity (Wildman–Crippen MR) is 84.7 cm³/mol. The van der Waals surface area contributed by atoms with Crippen molar-refractivity contribution in [2.45, 2.75) is 31.1 Å². The van der Waals surface area contributed by atoms with Crippen LogP contribution in [0, 0.1) is 0 Å². The Balaban J connectivity index is 1.64. The Bertz CT molecular complexity index is 636. The fraction of sp³-hybridized carbons (Fsp3) is 0.500. The number of hydrogen-bond acceptors (Lipinski definition) is 6. The van der Waals surface area contributed by atoms with Crippen molar-refractivity contribution in [1.29, 1.82) is 0 Å². The van der Waals surface area contributed by atoms with Crippen molar-refractivity contribution in [2.75, 3.05) is 18.8 Å². The molecule has 5 nitrogen and oxygen atoms in total. The summed E-state index contributed by atoms with van der Waals surface area (Å²) in [6.45, 7) is 5.34. The Hall–Kier alpha value is -1.18. The second-order valence-electron chi connectivity index (χ2n) is 5.16. The molecule has 0 bridgehead atoms. The monoisotopic (exact) mass is 323 g/mol. The maximum atomic E-state index is 12.3. The number of hydrogen-bond donors (Lipinski definition) is 0. The Labute approximate surface area is 131 Å². The summed E-state index contributed by atoms with van der Waals surface area (Å²) in [5.41, 5.74) is 0. The number of thioether (sulfide) groups is 1. The van der Waals surface area contributed by atoms with Crippen LogP contribution in [-0.4, -0.2) is 51.8 Å². The third-order valence-corrected chi connectivity index (χ3v) is 5.14. The normalized spacial score (nSPS) is 22.7. The van der Waals surface area contributed by atoms with Crippen molar-refractivity contribution < 1.29 is 9.53 Å². The van der Waals surface area contributed by atoms with Crippen molar-refractivity contribution in [3.05, 3.63) is 17.8 Å². The van der Waals surface area contributed by atoms with Gasteiger partial charge in [-0.25, -0.2) is 9.97 Å². The number of carbonyl (C=O) groups excluding carboxylic acids is 1. The van der Waals surface area contributed by atoms with Gasteiger partial charge in [0.15, 0.2) is 0 Å². The summed E-state index contributed by atoms with van der Waals surface area (Å²) in [5, 5.41) is 3.91. The number of amides is 1.